The lowest BCUT2D eigenvalue weighted by atomic mass is 10.1. The fourth-order valence-corrected chi connectivity index (χ4v) is 3.69. The van der Waals surface area contributed by atoms with Gasteiger partial charge < -0.3 is 10.2 Å². The second-order valence-corrected chi connectivity index (χ2v) is 7.14. The summed E-state index contributed by atoms with van der Waals surface area (Å²) in [4.78, 5) is 14.1. The third-order valence-corrected chi connectivity index (χ3v) is 5.15. The van der Waals surface area contributed by atoms with Crippen LogP contribution in [0.25, 0.3) is 0 Å². The third-order valence-electron chi connectivity index (χ3n) is 3.52. The van der Waals surface area contributed by atoms with Crippen molar-refractivity contribution < 1.29 is 9.18 Å². The van der Waals surface area contributed by atoms with Gasteiger partial charge in [-0.15, -0.1) is 0 Å². The first kappa shape index (κ1) is 16.8. The topological polar surface area (TPSA) is 32.3 Å². The number of thioether (sulfide) groups is 1. The molecule has 0 saturated carbocycles. The smallest absolute Gasteiger partial charge is 0.224 e. The van der Waals surface area contributed by atoms with Crippen LogP contribution in [0, 0.1) is 5.82 Å². The molecule has 1 fully saturated rings. The monoisotopic (exact) mass is 374 g/mol. The number of rotatable bonds is 5. The van der Waals surface area contributed by atoms with E-state index in [1.807, 2.05) is 18.7 Å². The number of hydrogen-bond donors (Lipinski definition) is 1. The van der Waals surface area contributed by atoms with Gasteiger partial charge in [-0.1, -0.05) is 15.9 Å². The molecule has 6 heteroatoms. The van der Waals surface area contributed by atoms with Gasteiger partial charge in [-0.3, -0.25) is 4.79 Å². The van der Waals surface area contributed by atoms with Crippen molar-refractivity contribution in [2.75, 3.05) is 24.6 Å². The molecule has 1 heterocycles. The SMILES string of the molecule is CCN(Cc1cc(Br)ccc1F)C(=O)CC1CSCCN1. The molecule has 1 aliphatic heterocycles. The van der Waals surface area contributed by atoms with E-state index in [-0.39, 0.29) is 17.8 Å². The number of carbonyl (C=O) groups excluding carboxylic acids is 1. The van der Waals surface area contributed by atoms with Crippen molar-refractivity contribution in [3.05, 3.63) is 34.1 Å². The molecule has 1 saturated heterocycles. The Kier molecular flexibility index (Phi) is 6.51. The minimum Gasteiger partial charge on any atom is -0.338 e. The summed E-state index contributed by atoms with van der Waals surface area (Å²) in [6.07, 6.45) is 0.483. The highest BCUT2D eigenvalue weighted by atomic mass is 79.9. The van der Waals surface area contributed by atoms with Crippen LogP contribution < -0.4 is 5.32 Å². The van der Waals surface area contributed by atoms with Crippen molar-refractivity contribution in [2.45, 2.75) is 25.9 Å². The van der Waals surface area contributed by atoms with Crippen LogP contribution in [0.2, 0.25) is 0 Å². The highest BCUT2D eigenvalue weighted by molar-refractivity contribution is 9.10. The zero-order chi connectivity index (χ0) is 15.2. The highest BCUT2D eigenvalue weighted by Gasteiger charge is 2.21. The standard InChI is InChI=1S/C15H20BrFN2OS/c1-2-19(9-11-7-12(16)3-4-14(11)17)15(20)8-13-10-21-6-5-18-13/h3-4,7,13,18H,2,5-6,8-10H2,1H3. The van der Waals surface area contributed by atoms with Gasteiger partial charge in [0.05, 0.1) is 0 Å². The van der Waals surface area contributed by atoms with E-state index in [4.69, 9.17) is 0 Å². The Labute approximate surface area is 137 Å². The molecule has 1 aliphatic rings. The molecule has 0 aromatic heterocycles. The van der Waals surface area contributed by atoms with E-state index in [2.05, 4.69) is 21.2 Å². The van der Waals surface area contributed by atoms with Gasteiger partial charge in [-0.05, 0) is 25.1 Å². The first-order valence-corrected chi connectivity index (χ1v) is 9.07. The minimum atomic E-state index is -0.268. The van der Waals surface area contributed by atoms with Crippen molar-refractivity contribution in [3.8, 4) is 0 Å². The normalized spacial score (nSPS) is 18.5. The average Bonchev–Trinajstić information content (AvgIpc) is 2.49. The second kappa shape index (κ2) is 8.15. The van der Waals surface area contributed by atoms with Gasteiger partial charge in [0.1, 0.15) is 5.82 Å². The van der Waals surface area contributed by atoms with Crippen LogP contribution in [0.15, 0.2) is 22.7 Å². The highest BCUT2D eigenvalue weighted by Crippen LogP contribution is 2.18. The van der Waals surface area contributed by atoms with E-state index < -0.39 is 0 Å². The molecule has 21 heavy (non-hydrogen) atoms. The number of carbonyl (C=O) groups is 1. The molecule has 1 aromatic rings. The summed E-state index contributed by atoms with van der Waals surface area (Å²) >= 11 is 5.22. The Balaban J connectivity index is 1.98. The van der Waals surface area contributed by atoms with Crippen molar-refractivity contribution in [3.63, 3.8) is 0 Å². The van der Waals surface area contributed by atoms with E-state index in [0.29, 0.717) is 25.1 Å². The zero-order valence-electron chi connectivity index (χ0n) is 12.1. The maximum absolute atomic E-state index is 13.8. The molecule has 0 radical (unpaired) electrons. The Morgan fingerprint density at radius 3 is 3.05 bits per heavy atom. The Morgan fingerprint density at radius 1 is 1.57 bits per heavy atom. The summed E-state index contributed by atoms with van der Waals surface area (Å²) in [5.41, 5.74) is 0.547. The average molecular weight is 375 g/mol. The molecule has 1 amide bonds. The van der Waals surface area contributed by atoms with Crippen molar-refractivity contribution in [1.29, 1.82) is 0 Å². The fraction of sp³-hybridized carbons (Fsp3) is 0.533. The zero-order valence-corrected chi connectivity index (χ0v) is 14.5. The van der Waals surface area contributed by atoms with Crippen molar-refractivity contribution in [2.24, 2.45) is 0 Å². The predicted molar refractivity (Wildman–Crippen MR) is 88.9 cm³/mol. The largest absolute Gasteiger partial charge is 0.338 e. The van der Waals surface area contributed by atoms with Crippen LogP contribution in [-0.2, 0) is 11.3 Å². The molecule has 0 aliphatic carbocycles. The van der Waals surface area contributed by atoms with E-state index in [1.165, 1.54) is 6.07 Å². The summed E-state index contributed by atoms with van der Waals surface area (Å²) in [5, 5.41) is 3.36. The third kappa shape index (κ3) is 4.97. The molecular formula is C15H20BrFN2OS. The Bertz CT molecular complexity index is 495. The van der Waals surface area contributed by atoms with Gasteiger partial charge in [0.2, 0.25) is 5.91 Å². The van der Waals surface area contributed by atoms with Gasteiger partial charge in [0.25, 0.3) is 0 Å². The van der Waals surface area contributed by atoms with Crippen LogP contribution in [0.4, 0.5) is 4.39 Å². The van der Waals surface area contributed by atoms with Crippen LogP contribution in [0.1, 0.15) is 18.9 Å². The number of amides is 1. The lowest BCUT2D eigenvalue weighted by molar-refractivity contribution is -0.132. The van der Waals surface area contributed by atoms with Gasteiger partial charge in [0, 0.05) is 53.6 Å². The predicted octanol–water partition coefficient (Wildman–Crippen LogP) is 3.03. The first-order chi connectivity index (χ1) is 10.1. The second-order valence-electron chi connectivity index (χ2n) is 5.07. The summed E-state index contributed by atoms with van der Waals surface area (Å²) in [5.74, 6) is 1.88. The first-order valence-electron chi connectivity index (χ1n) is 7.13. The van der Waals surface area contributed by atoms with Crippen LogP contribution in [0.5, 0.6) is 0 Å². The minimum absolute atomic E-state index is 0.0804. The van der Waals surface area contributed by atoms with E-state index >= 15 is 0 Å². The molecule has 2 rings (SSSR count). The summed E-state index contributed by atoms with van der Waals surface area (Å²) in [6.45, 7) is 3.79. The maximum atomic E-state index is 13.8. The molecule has 1 unspecified atom stereocenters. The molecule has 1 N–H and O–H groups in total. The number of hydrogen-bond acceptors (Lipinski definition) is 3. The number of benzene rings is 1. The van der Waals surface area contributed by atoms with Crippen LogP contribution in [0.3, 0.4) is 0 Å². The van der Waals surface area contributed by atoms with Crippen molar-refractivity contribution in [1.82, 2.24) is 10.2 Å². The fourth-order valence-electron chi connectivity index (χ4n) is 2.34. The van der Waals surface area contributed by atoms with Gasteiger partial charge in [-0.2, -0.15) is 11.8 Å². The lowest BCUT2D eigenvalue weighted by Crippen LogP contribution is -2.42. The van der Waals surface area contributed by atoms with E-state index in [9.17, 15) is 9.18 Å². The molecule has 1 aromatic carbocycles. The Morgan fingerprint density at radius 2 is 2.38 bits per heavy atom. The lowest BCUT2D eigenvalue weighted by Gasteiger charge is -2.27. The van der Waals surface area contributed by atoms with Crippen LogP contribution in [-0.4, -0.2) is 41.4 Å². The molecule has 1 atom stereocenters. The van der Waals surface area contributed by atoms with Gasteiger partial charge in [0.15, 0.2) is 0 Å². The Hall–Kier alpha value is -0.590. The van der Waals surface area contributed by atoms with E-state index in [1.54, 1.807) is 17.0 Å². The summed E-state index contributed by atoms with van der Waals surface area (Å²) in [7, 11) is 0. The van der Waals surface area contributed by atoms with Crippen molar-refractivity contribution >= 4 is 33.6 Å². The molecule has 0 bridgehead atoms. The molecule has 0 spiro atoms. The quantitative estimate of drug-likeness (QED) is 0.859. The summed E-state index contributed by atoms with van der Waals surface area (Å²) in [6, 6.07) is 5.06. The molecular weight excluding hydrogens is 355 g/mol. The number of halogens is 2. The van der Waals surface area contributed by atoms with Gasteiger partial charge >= 0.3 is 0 Å². The van der Waals surface area contributed by atoms with Gasteiger partial charge in [-0.25, -0.2) is 4.39 Å². The van der Waals surface area contributed by atoms with E-state index in [0.717, 1.165) is 22.5 Å². The molecule has 116 valence electrons. The number of nitrogens with zero attached hydrogens (tertiary/aromatic N) is 1. The van der Waals surface area contributed by atoms with Crippen LogP contribution >= 0.6 is 27.7 Å². The molecule has 3 nitrogen and oxygen atoms in total. The maximum Gasteiger partial charge on any atom is 0.224 e. The number of nitrogens with one attached hydrogen (secondary N) is 1. The summed E-state index contributed by atoms with van der Waals surface area (Å²) < 4.78 is 14.6.